The molecule has 19 heavy (non-hydrogen) atoms. The minimum Gasteiger partial charge on any atom is -0.287 e. The first-order chi connectivity index (χ1) is 9.02. The van der Waals surface area contributed by atoms with Gasteiger partial charge in [0, 0.05) is 6.07 Å². The van der Waals surface area contributed by atoms with Crippen LogP contribution in [0.4, 0.5) is 5.69 Å². The number of phosphoric acid groups is 1. The summed E-state index contributed by atoms with van der Waals surface area (Å²) in [6.45, 7) is 3.41. The quantitative estimate of drug-likeness (QED) is 0.414. The molecule has 8 heteroatoms. The van der Waals surface area contributed by atoms with Crippen LogP contribution in [0.5, 0.6) is 0 Å². The Bertz CT molecular complexity index is 468. The van der Waals surface area contributed by atoms with Crippen molar-refractivity contribution in [3.63, 3.8) is 0 Å². The van der Waals surface area contributed by atoms with E-state index in [9.17, 15) is 14.7 Å². The lowest BCUT2D eigenvalue weighted by atomic mass is 10.2. The fourth-order valence-electron chi connectivity index (χ4n) is 1.39. The first-order valence-electron chi connectivity index (χ1n) is 5.78. The zero-order valence-electron chi connectivity index (χ0n) is 10.8. The molecule has 1 aromatic rings. The van der Waals surface area contributed by atoms with E-state index in [1.54, 1.807) is 26.0 Å². The largest absolute Gasteiger partial charge is 0.475 e. The topological polar surface area (TPSA) is 87.9 Å². The van der Waals surface area contributed by atoms with Crippen molar-refractivity contribution >= 4 is 13.5 Å². The van der Waals surface area contributed by atoms with Crippen molar-refractivity contribution in [1.82, 2.24) is 0 Å². The van der Waals surface area contributed by atoms with Crippen LogP contribution in [0.1, 0.15) is 19.4 Å². The molecule has 0 aromatic heterocycles. The van der Waals surface area contributed by atoms with Crippen LogP contribution in [-0.2, 0) is 24.7 Å². The number of nitrogens with zero attached hydrogens (tertiary/aromatic N) is 1. The maximum absolute atomic E-state index is 12.0. The summed E-state index contributed by atoms with van der Waals surface area (Å²) in [6.07, 6.45) is 0. The molecule has 0 amide bonds. The first-order valence-corrected chi connectivity index (χ1v) is 7.24. The second kappa shape index (κ2) is 7.35. The fraction of sp³-hybridized carbons (Fsp3) is 0.455. The van der Waals surface area contributed by atoms with Crippen molar-refractivity contribution in [2.75, 3.05) is 13.2 Å². The lowest BCUT2D eigenvalue weighted by Gasteiger charge is -2.16. The summed E-state index contributed by atoms with van der Waals surface area (Å²) in [5.41, 5.74) is 0.217. The van der Waals surface area contributed by atoms with E-state index in [1.165, 1.54) is 12.1 Å². The van der Waals surface area contributed by atoms with E-state index in [0.717, 1.165) is 0 Å². The van der Waals surface area contributed by atoms with Gasteiger partial charge in [-0.3, -0.25) is 23.7 Å². The summed E-state index contributed by atoms with van der Waals surface area (Å²) in [5.74, 6) is 0. The van der Waals surface area contributed by atoms with Crippen LogP contribution in [0, 0.1) is 10.1 Å². The van der Waals surface area contributed by atoms with Crippen LogP contribution >= 0.6 is 7.82 Å². The number of nitro benzene ring substituents is 1. The second-order valence-electron chi connectivity index (χ2n) is 3.44. The fourth-order valence-corrected chi connectivity index (χ4v) is 2.54. The highest BCUT2D eigenvalue weighted by Gasteiger charge is 2.26. The molecule has 0 N–H and O–H groups in total. The maximum Gasteiger partial charge on any atom is 0.475 e. The van der Waals surface area contributed by atoms with Gasteiger partial charge in [0.2, 0.25) is 0 Å². The second-order valence-corrected chi connectivity index (χ2v) is 5.11. The number of para-hydroxylation sites is 1. The van der Waals surface area contributed by atoms with Crippen LogP contribution in [0.25, 0.3) is 0 Å². The molecular weight excluding hydrogens is 273 g/mol. The average Bonchev–Trinajstić information content (AvgIpc) is 2.37. The van der Waals surface area contributed by atoms with Crippen molar-refractivity contribution in [3.05, 3.63) is 39.9 Å². The van der Waals surface area contributed by atoms with Gasteiger partial charge in [0.25, 0.3) is 5.69 Å². The minimum atomic E-state index is -3.66. The number of benzene rings is 1. The van der Waals surface area contributed by atoms with Crippen molar-refractivity contribution in [2.24, 2.45) is 0 Å². The summed E-state index contributed by atoms with van der Waals surface area (Å²) in [4.78, 5) is 10.3. The summed E-state index contributed by atoms with van der Waals surface area (Å²) in [6, 6.07) is 6.07. The van der Waals surface area contributed by atoms with Gasteiger partial charge in [0.05, 0.1) is 30.3 Å². The molecule has 0 aliphatic carbocycles. The summed E-state index contributed by atoms with van der Waals surface area (Å²) >= 11 is 0. The third-order valence-electron chi connectivity index (χ3n) is 2.14. The van der Waals surface area contributed by atoms with Crippen LogP contribution in [0.15, 0.2) is 24.3 Å². The van der Waals surface area contributed by atoms with Crippen molar-refractivity contribution < 1.29 is 23.1 Å². The van der Waals surface area contributed by atoms with Crippen LogP contribution in [0.3, 0.4) is 0 Å². The van der Waals surface area contributed by atoms with E-state index in [0.29, 0.717) is 5.56 Å². The summed E-state index contributed by atoms with van der Waals surface area (Å²) < 4.78 is 27.0. The van der Waals surface area contributed by atoms with Crippen LogP contribution < -0.4 is 0 Å². The highest BCUT2D eigenvalue weighted by molar-refractivity contribution is 7.48. The summed E-state index contributed by atoms with van der Waals surface area (Å²) in [7, 11) is -3.66. The highest BCUT2D eigenvalue weighted by Crippen LogP contribution is 2.50. The predicted octanol–water partition coefficient (Wildman–Crippen LogP) is 3.29. The van der Waals surface area contributed by atoms with Gasteiger partial charge < -0.3 is 0 Å². The lowest BCUT2D eigenvalue weighted by Crippen LogP contribution is -2.02. The average molecular weight is 289 g/mol. The molecule has 1 aromatic carbocycles. The van der Waals surface area contributed by atoms with E-state index in [1.807, 2.05) is 0 Å². The Morgan fingerprint density at radius 1 is 1.16 bits per heavy atom. The number of nitro groups is 1. The van der Waals surface area contributed by atoms with Crippen LogP contribution in [-0.4, -0.2) is 18.1 Å². The normalized spacial score (nSPS) is 11.5. The zero-order chi connectivity index (χ0) is 14.3. The summed E-state index contributed by atoms with van der Waals surface area (Å²) in [5, 5.41) is 10.8. The highest BCUT2D eigenvalue weighted by atomic mass is 31.2. The van der Waals surface area contributed by atoms with Gasteiger partial charge in [-0.15, -0.1) is 0 Å². The van der Waals surface area contributed by atoms with Gasteiger partial charge in [-0.05, 0) is 19.9 Å². The van der Waals surface area contributed by atoms with Gasteiger partial charge in [-0.25, -0.2) is 4.57 Å². The molecule has 0 atom stereocenters. The third-order valence-corrected chi connectivity index (χ3v) is 3.74. The Kier molecular flexibility index (Phi) is 6.11. The SMILES string of the molecule is CCOP(=O)(OCC)OCc1ccccc1[N+](=O)[O-]. The molecule has 0 spiro atoms. The Hall–Kier alpha value is -1.27. The minimum absolute atomic E-state index is 0.0953. The predicted molar refractivity (Wildman–Crippen MR) is 68.7 cm³/mol. The number of rotatable bonds is 8. The molecule has 1 rings (SSSR count). The molecule has 0 unspecified atom stereocenters. The molecule has 7 nitrogen and oxygen atoms in total. The maximum atomic E-state index is 12.0. The number of hydrogen-bond acceptors (Lipinski definition) is 6. The van der Waals surface area contributed by atoms with E-state index in [-0.39, 0.29) is 25.5 Å². The van der Waals surface area contributed by atoms with Gasteiger partial charge in [0.15, 0.2) is 0 Å². The van der Waals surface area contributed by atoms with E-state index in [4.69, 9.17) is 13.6 Å². The molecule has 0 aliphatic rings. The molecule has 0 bridgehead atoms. The monoisotopic (exact) mass is 289 g/mol. The van der Waals surface area contributed by atoms with Gasteiger partial charge in [-0.1, -0.05) is 12.1 Å². The number of phosphoric ester groups is 1. The Labute approximate surface area is 111 Å². The number of hydrogen-bond donors (Lipinski definition) is 0. The van der Waals surface area contributed by atoms with E-state index in [2.05, 4.69) is 0 Å². The molecule has 0 saturated heterocycles. The Morgan fingerprint density at radius 2 is 1.74 bits per heavy atom. The van der Waals surface area contributed by atoms with Crippen molar-refractivity contribution in [2.45, 2.75) is 20.5 Å². The molecular formula is C11H16NO6P. The zero-order valence-corrected chi connectivity index (χ0v) is 11.7. The molecule has 0 saturated carbocycles. The van der Waals surface area contributed by atoms with Gasteiger partial charge >= 0.3 is 7.82 Å². The smallest absolute Gasteiger partial charge is 0.287 e. The molecule has 0 aliphatic heterocycles. The molecule has 0 fully saturated rings. The first kappa shape index (κ1) is 15.8. The lowest BCUT2D eigenvalue weighted by molar-refractivity contribution is -0.385. The standard InChI is InChI=1S/C11H16NO6P/c1-3-16-19(15,17-4-2)18-9-10-7-5-6-8-11(10)12(13)14/h5-8H,3-4,9H2,1-2H3. The molecule has 0 radical (unpaired) electrons. The van der Waals surface area contributed by atoms with Crippen molar-refractivity contribution in [1.29, 1.82) is 0 Å². The van der Waals surface area contributed by atoms with Crippen molar-refractivity contribution in [3.8, 4) is 0 Å². The van der Waals surface area contributed by atoms with E-state index >= 15 is 0 Å². The third kappa shape index (κ3) is 4.72. The van der Waals surface area contributed by atoms with E-state index < -0.39 is 12.7 Å². The molecule has 0 heterocycles. The van der Waals surface area contributed by atoms with Gasteiger partial charge in [0.1, 0.15) is 0 Å². The van der Waals surface area contributed by atoms with Gasteiger partial charge in [-0.2, -0.15) is 0 Å². The Balaban J connectivity index is 2.80. The Morgan fingerprint density at radius 3 is 2.26 bits per heavy atom. The molecule has 106 valence electrons. The van der Waals surface area contributed by atoms with Crippen LogP contribution in [0.2, 0.25) is 0 Å².